The second kappa shape index (κ2) is 10.4. The summed E-state index contributed by atoms with van der Waals surface area (Å²) in [6, 6.07) is 16.8. The number of carbonyl (C=O) groups excluding carboxylic acids is 3. The number of benzene rings is 2. The van der Waals surface area contributed by atoms with Crippen molar-refractivity contribution in [3.63, 3.8) is 0 Å². The van der Waals surface area contributed by atoms with Crippen molar-refractivity contribution in [3.8, 4) is 0 Å². The van der Waals surface area contributed by atoms with Gasteiger partial charge in [-0.1, -0.05) is 36.4 Å². The van der Waals surface area contributed by atoms with Gasteiger partial charge in [0.2, 0.25) is 5.91 Å². The number of carbonyl (C=O) groups is 3. The van der Waals surface area contributed by atoms with Gasteiger partial charge in [-0.25, -0.2) is 0 Å². The fourth-order valence-electron chi connectivity index (χ4n) is 4.19. The number of hydrogen-bond donors (Lipinski definition) is 2. The van der Waals surface area contributed by atoms with Gasteiger partial charge in [0.05, 0.1) is 0 Å². The molecule has 2 aromatic rings. The molecule has 2 heterocycles. The number of anilines is 1. The molecule has 3 amide bonds. The molecule has 0 aromatic heterocycles. The lowest BCUT2D eigenvalue weighted by molar-refractivity contribution is -0.126. The molecule has 4 rings (SSSR count). The van der Waals surface area contributed by atoms with Crippen LogP contribution in [-0.4, -0.2) is 48.4 Å². The van der Waals surface area contributed by atoms with E-state index >= 15 is 0 Å². The number of rotatable bonds is 6. The van der Waals surface area contributed by atoms with Crippen molar-refractivity contribution < 1.29 is 19.1 Å². The summed E-state index contributed by atoms with van der Waals surface area (Å²) in [5.74, 6) is -0.296. The lowest BCUT2D eigenvalue weighted by Crippen LogP contribution is -2.43. The molecular formula is C25H29N3O4. The van der Waals surface area contributed by atoms with E-state index < -0.39 is 6.10 Å². The fourth-order valence-corrected chi connectivity index (χ4v) is 4.19. The highest BCUT2D eigenvalue weighted by molar-refractivity contribution is 5.98. The number of amides is 3. The first-order valence-electron chi connectivity index (χ1n) is 11.2. The lowest BCUT2D eigenvalue weighted by Gasteiger charge is -2.31. The molecule has 1 atom stereocenters. The zero-order valence-corrected chi connectivity index (χ0v) is 18.1. The van der Waals surface area contributed by atoms with E-state index in [2.05, 4.69) is 10.6 Å². The van der Waals surface area contributed by atoms with Gasteiger partial charge in [0.15, 0.2) is 0 Å². The van der Waals surface area contributed by atoms with Crippen molar-refractivity contribution in [3.05, 3.63) is 65.7 Å². The third kappa shape index (κ3) is 5.53. The van der Waals surface area contributed by atoms with E-state index in [1.54, 1.807) is 29.2 Å². The number of likely N-dealkylation sites (tertiary alicyclic amines) is 1. The first-order chi connectivity index (χ1) is 15.6. The van der Waals surface area contributed by atoms with Crippen molar-refractivity contribution in [2.45, 2.75) is 38.3 Å². The molecule has 0 bridgehead atoms. The maximum Gasteiger partial charge on any atom is 0.253 e. The predicted octanol–water partition coefficient (Wildman–Crippen LogP) is 2.97. The minimum Gasteiger partial charge on any atom is -0.368 e. The summed E-state index contributed by atoms with van der Waals surface area (Å²) in [5, 5.41) is 5.84. The Balaban J connectivity index is 1.27. The molecule has 2 aliphatic rings. The van der Waals surface area contributed by atoms with Crippen molar-refractivity contribution in [2.75, 3.05) is 25.0 Å². The van der Waals surface area contributed by atoms with Crippen LogP contribution in [0.4, 0.5) is 5.69 Å². The van der Waals surface area contributed by atoms with Crippen LogP contribution < -0.4 is 10.6 Å². The van der Waals surface area contributed by atoms with Crippen LogP contribution in [0.5, 0.6) is 0 Å². The van der Waals surface area contributed by atoms with Crippen molar-refractivity contribution in [1.29, 1.82) is 0 Å². The minimum atomic E-state index is -0.415. The molecule has 2 saturated heterocycles. The Morgan fingerprint density at radius 2 is 1.72 bits per heavy atom. The van der Waals surface area contributed by atoms with Gasteiger partial charge in [-0.05, 0) is 49.4 Å². The molecule has 32 heavy (non-hydrogen) atoms. The van der Waals surface area contributed by atoms with Gasteiger partial charge in [0.25, 0.3) is 11.8 Å². The smallest absolute Gasteiger partial charge is 0.253 e. The van der Waals surface area contributed by atoms with E-state index in [-0.39, 0.29) is 23.6 Å². The first kappa shape index (κ1) is 22.0. The standard InChI is InChI=1S/C25H29N3O4/c29-23(26-17-18-6-2-1-3-7-18)19-11-13-28(14-12-19)25(31)20-8-4-9-21(16-20)27-24(30)22-10-5-15-32-22/h1-4,6-9,16,19,22H,5,10-15,17H2,(H,26,29)(H,27,30)/t22-/m1/s1. The Morgan fingerprint density at radius 3 is 2.44 bits per heavy atom. The number of piperidine rings is 1. The molecule has 7 heteroatoms. The SMILES string of the molecule is O=C(NCc1ccccc1)C1CCN(C(=O)c2cccc(NC(=O)[C@H]3CCCO3)c2)CC1. The van der Waals surface area contributed by atoms with Crippen LogP contribution in [0, 0.1) is 5.92 Å². The van der Waals surface area contributed by atoms with Gasteiger partial charge in [0.1, 0.15) is 6.10 Å². The highest BCUT2D eigenvalue weighted by Crippen LogP contribution is 2.21. The molecule has 0 spiro atoms. The van der Waals surface area contributed by atoms with Crippen molar-refractivity contribution >= 4 is 23.4 Å². The van der Waals surface area contributed by atoms with Crippen LogP contribution >= 0.6 is 0 Å². The molecule has 2 fully saturated rings. The first-order valence-corrected chi connectivity index (χ1v) is 11.2. The Kier molecular flexibility index (Phi) is 7.17. The second-order valence-corrected chi connectivity index (χ2v) is 8.34. The van der Waals surface area contributed by atoms with E-state index in [0.717, 1.165) is 18.4 Å². The van der Waals surface area contributed by atoms with Gasteiger partial charge in [-0.3, -0.25) is 14.4 Å². The summed E-state index contributed by atoms with van der Waals surface area (Å²) in [7, 11) is 0. The molecule has 2 aliphatic heterocycles. The summed E-state index contributed by atoms with van der Waals surface area (Å²) in [4.78, 5) is 39.5. The monoisotopic (exact) mass is 435 g/mol. The third-order valence-corrected chi connectivity index (χ3v) is 6.06. The molecule has 0 aliphatic carbocycles. The number of nitrogens with one attached hydrogen (secondary N) is 2. The third-order valence-electron chi connectivity index (χ3n) is 6.06. The van der Waals surface area contributed by atoms with Crippen LogP contribution in [0.1, 0.15) is 41.6 Å². The Morgan fingerprint density at radius 1 is 0.938 bits per heavy atom. The zero-order valence-electron chi connectivity index (χ0n) is 18.1. The van der Waals surface area contributed by atoms with Gasteiger partial charge in [0, 0.05) is 43.4 Å². The van der Waals surface area contributed by atoms with Crippen LogP contribution in [-0.2, 0) is 20.9 Å². The van der Waals surface area contributed by atoms with E-state index in [1.807, 2.05) is 30.3 Å². The molecule has 2 aromatic carbocycles. The van der Waals surface area contributed by atoms with Crippen molar-refractivity contribution in [2.24, 2.45) is 5.92 Å². The van der Waals surface area contributed by atoms with E-state index in [1.165, 1.54) is 0 Å². The maximum atomic E-state index is 13.0. The molecule has 0 saturated carbocycles. The van der Waals surface area contributed by atoms with Crippen LogP contribution in [0.15, 0.2) is 54.6 Å². The van der Waals surface area contributed by atoms with Gasteiger partial charge >= 0.3 is 0 Å². The average molecular weight is 436 g/mol. The zero-order chi connectivity index (χ0) is 22.3. The van der Waals surface area contributed by atoms with Gasteiger partial charge < -0.3 is 20.3 Å². The number of hydrogen-bond acceptors (Lipinski definition) is 4. The lowest BCUT2D eigenvalue weighted by atomic mass is 9.95. The topological polar surface area (TPSA) is 87.7 Å². The normalized spacial score (nSPS) is 18.9. The molecule has 168 valence electrons. The number of ether oxygens (including phenoxy) is 1. The largest absolute Gasteiger partial charge is 0.368 e. The Bertz CT molecular complexity index is 949. The fraction of sp³-hybridized carbons (Fsp3) is 0.400. The minimum absolute atomic E-state index is 0.0415. The average Bonchev–Trinajstić information content (AvgIpc) is 3.38. The highest BCUT2D eigenvalue weighted by atomic mass is 16.5. The summed E-state index contributed by atoms with van der Waals surface area (Å²) in [6.07, 6.45) is 2.47. The van der Waals surface area contributed by atoms with Gasteiger partial charge in [-0.2, -0.15) is 0 Å². The maximum absolute atomic E-state index is 13.0. The predicted molar refractivity (Wildman–Crippen MR) is 121 cm³/mol. The molecule has 7 nitrogen and oxygen atoms in total. The molecule has 0 radical (unpaired) electrons. The summed E-state index contributed by atoms with van der Waals surface area (Å²) in [6.45, 7) is 2.20. The number of nitrogens with zero attached hydrogens (tertiary/aromatic N) is 1. The highest BCUT2D eigenvalue weighted by Gasteiger charge is 2.28. The van der Waals surface area contributed by atoms with Gasteiger partial charge in [-0.15, -0.1) is 0 Å². The summed E-state index contributed by atoms with van der Waals surface area (Å²) < 4.78 is 5.41. The van der Waals surface area contributed by atoms with E-state index in [4.69, 9.17) is 4.74 Å². The van der Waals surface area contributed by atoms with Crippen LogP contribution in [0.25, 0.3) is 0 Å². The molecular weight excluding hydrogens is 406 g/mol. The van der Waals surface area contributed by atoms with E-state index in [0.29, 0.717) is 50.3 Å². The quantitative estimate of drug-likeness (QED) is 0.730. The Hall–Kier alpha value is -3.19. The van der Waals surface area contributed by atoms with Crippen molar-refractivity contribution in [1.82, 2.24) is 10.2 Å². The molecule has 2 N–H and O–H groups in total. The van der Waals surface area contributed by atoms with E-state index in [9.17, 15) is 14.4 Å². The van der Waals surface area contributed by atoms with Crippen LogP contribution in [0.3, 0.4) is 0 Å². The summed E-state index contributed by atoms with van der Waals surface area (Å²) in [5.41, 5.74) is 2.19. The summed E-state index contributed by atoms with van der Waals surface area (Å²) >= 11 is 0. The Labute approximate surface area is 188 Å². The molecule has 0 unspecified atom stereocenters. The second-order valence-electron chi connectivity index (χ2n) is 8.34. The van der Waals surface area contributed by atoms with Crippen LogP contribution in [0.2, 0.25) is 0 Å².